The molecule has 2 saturated heterocycles. The Morgan fingerprint density at radius 1 is 0.968 bits per heavy atom. The molecule has 0 aromatic rings. The van der Waals surface area contributed by atoms with Crippen molar-refractivity contribution in [2.75, 3.05) is 0 Å². The Balaban J connectivity index is 1.99. The lowest BCUT2D eigenvalue weighted by atomic mass is 9.96. The minimum absolute atomic E-state index is 0.000505. The minimum Gasteiger partial charge on any atom is -0.411 e. The molecule has 6 atom stereocenters. The molecule has 31 heavy (non-hydrogen) atoms. The van der Waals surface area contributed by atoms with Gasteiger partial charge in [0.2, 0.25) is 0 Å². The Kier molecular flexibility index (Phi) is 7.70. The standard InChI is InChI=1S/C25H48O4Si2/c1-14-16-19(29-31(12,13)24(6,7)8)20-21(26-20)22-25(9,27-22)17-18(15-2)28-30(10,11)23(3,4)5/h14-15,18-22H,1-2,16-17H2,3-13H3/t18-,19+,20-,21+,22-,25-/m1/s1. The first-order valence-corrected chi connectivity index (χ1v) is 17.6. The van der Waals surface area contributed by atoms with Crippen molar-refractivity contribution >= 4 is 16.6 Å². The van der Waals surface area contributed by atoms with E-state index in [0.717, 1.165) is 12.8 Å². The molecule has 0 N–H and O–H groups in total. The monoisotopic (exact) mass is 468 g/mol. The van der Waals surface area contributed by atoms with E-state index in [1.54, 1.807) is 0 Å². The summed E-state index contributed by atoms with van der Waals surface area (Å²) in [4.78, 5) is 0. The highest BCUT2D eigenvalue weighted by molar-refractivity contribution is 6.74. The van der Waals surface area contributed by atoms with Crippen molar-refractivity contribution in [2.45, 2.75) is 134 Å². The van der Waals surface area contributed by atoms with Crippen LogP contribution in [0.1, 0.15) is 61.3 Å². The van der Waals surface area contributed by atoms with E-state index in [-0.39, 0.29) is 46.2 Å². The van der Waals surface area contributed by atoms with Crippen LogP contribution >= 0.6 is 0 Å². The molecule has 0 aliphatic carbocycles. The molecule has 2 rings (SSSR count). The van der Waals surface area contributed by atoms with Crippen LogP contribution in [0.25, 0.3) is 0 Å². The number of hydrogen-bond acceptors (Lipinski definition) is 4. The summed E-state index contributed by atoms with van der Waals surface area (Å²) < 4.78 is 25.7. The van der Waals surface area contributed by atoms with Crippen LogP contribution in [0.2, 0.25) is 36.3 Å². The second kappa shape index (κ2) is 8.84. The maximum atomic E-state index is 6.70. The molecule has 0 aromatic heterocycles. The van der Waals surface area contributed by atoms with Crippen LogP contribution < -0.4 is 0 Å². The van der Waals surface area contributed by atoms with Crippen molar-refractivity contribution in [2.24, 2.45) is 0 Å². The molecule has 2 aliphatic rings. The topological polar surface area (TPSA) is 43.5 Å². The maximum absolute atomic E-state index is 6.70. The van der Waals surface area contributed by atoms with Crippen LogP contribution in [0.5, 0.6) is 0 Å². The summed E-state index contributed by atoms with van der Waals surface area (Å²) in [6, 6.07) is 0. The van der Waals surface area contributed by atoms with Crippen molar-refractivity contribution in [3.8, 4) is 0 Å². The minimum atomic E-state index is -1.88. The molecule has 4 nitrogen and oxygen atoms in total. The first kappa shape index (κ1) is 27.0. The zero-order valence-corrected chi connectivity index (χ0v) is 24.0. The van der Waals surface area contributed by atoms with Gasteiger partial charge >= 0.3 is 0 Å². The van der Waals surface area contributed by atoms with Gasteiger partial charge in [-0.15, -0.1) is 13.2 Å². The summed E-state index contributed by atoms with van der Waals surface area (Å²) in [5.41, 5.74) is -0.226. The molecule has 0 bridgehead atoms. The number of hydrogen-bond donors (Lipinski definition) is 0. The number of ether oxygens (including phenoxy) is 2. The van der Waals surface area contributed by atoms with E-state index < -0.39 is 16.6 Å². The number of rotatable bonds is 11. The lowest BCUT2D eigenvalue weighted by molar-refractivity contribution is 0.145. The average molecular weight is 469 g/mol. The largest absolute Gasteiger partial charge is 0.411 e. The van der Waals surface area contributed by atoms with E-state index in [2.05, 4.69) is 87.8 Å². The molecule has 0 unspecified atom stereocenters. The molecule has 2 heterocycles. The van der Waals surface area contributed by atoms with Gasteiger partial charge in [-0.3, -0.25) is 0 Å². The Bertz CT molecular complexity index is 661. The van der Waals surface area contributed by atoms with E-state index in [1.165, 1.54) is 0 Å². The summed E-state index contributed by atoms with van der Waals surface area (Å²) >= 11 is 0. The predicted molar refractivity (Wildman–Crippen MR) is 136 cm³/mol. The average Bonchev–Trinajstić information content (AvgIpc) is 3.47. The molecule has 0 aromatic carbocycles. The molecule has 2 fully saturated rings. The van der Waals surface area contributed by atoms with Gasteiger partial charge in [0.15, 0.2) is 16.6 Å². The van der Waals surface area contributed by atoms with Gasteiger partial charge in [0.25, 0.3) is 0 Å². The molecule has 0 radical (unpaired) electrons. The van der Waals surface area contributed by atoms with Crippen LogP contribution in [0.3, 0.4) is 0 Å². The van der Waals surface area contributed by atoms with Crippen LogP contribution in [0.15, 0.2) is 25.3 Å². The SMILES string of the molecule is C=CC[C@H](O[Si](C)(C)C(C)(C)C)[C@H]1O[C@@H]1[C@H]1O[C@]1(C)C[C@@H](C=C)O[Si](C)(C)C(C)(C)C. The van der Waals surface area contributed by atoms with Crippen molar-refractivity contribution < 1.29 is 18.3 Å². The summed E-state index contributed by atoms with van der Waals surface area (Å²) in [5, 5.41) is 0.336. The van der Waals surface area contributed by atoms with Gasteiger partial charge in [0.1, 0.15) is 18.3 Å². The molecule has 0 saturated carbocycles. The van der Waals surface area contributed by atoms with Gasteiger partial charge in [-0.2, -0.15) is 0 Å². The molecular weight excluding hydrogens is 420 g/mol. The highest BCUT2D eigenvalue weighted by Crippen LogP contribution is 2.52. The fourth-order valence-electron chi connectivity index (χ4n) is 3.61. The quantitative estimate of drug-likeness (QED) is 0.189. The van der Waals surface area contributed by atoms with Crippen LogP contribution in [-0.4, -0.2) is 52.8 Å². The molecular formula is C25H48O4Si2. The predicted octanol–water partition coefficient (Wildman–Crippen LogP) is 6.84. The third-order valence-corrected chi connectivity index (χ3v) is 16.9. The van der Waals surface area contributed by atoms with Crippen LogP contribution in [-0.2, 0) is 18.3 Å². The van der Waals surface area contributed by atoms with Gasteiger partial charge in [0, 0.05) is 6.42 Å². The van der Waals surface area contributed by atoms with E-state index in [4.69, 9.17) is 18.3 Å². The van der Waals surface area contributed by atoms with E-state index in [9.17, 15) is 0 Å². The molecule has 180 valence electrons. The number of epoxide rings is 2. The van der Waals surface area contributed by atoms with Gasteiger partial charge < -0.3 is 18.3 Å². The fourth-order valence-corrected chi connectivity index (χ4v) is 6.24. The third-order valence-electron chi connectivity index (χ3n) is 7.94. The highest BCUT2D eigenvalue weighted by Gasteiger charge is 2.66. The molecule has 0 spiro atoms. The van der Waals surface area contributed by atoms with Gasteiger partial charge in [-0.05, 0) is 49.6 Å². The maximum Gasteiger partial charge on any atom is 0.192 e. The lowest BCUT2D eigenvalue weighted by Gasteiger charge is -2.39. The summed E-state index contributed by atoms with van der Waals surface area (Å²) in [5.74, 6) is 0. The van der Waals surface area contributed by atoms with Crippen LogP contribution in [0.4, 0.5) is 0 Å². The van der Waals surface area contributed by atoms with E-state index in [0.29, 0.717) is 0 Å². The molecule has 0 amide bonds. The van der Waals surface area contributed by atoms with Gasteiger partial charge in [0.05, 0.1) is 17.8 Å². The van der Waals surface area contributed by atoms with E-state index >= 15 is 0 Å². The van der Waals surface area contributed by atoms with Crippen molar-refractivity contribution in [1.29, 1.82) is 0 Å². The smallest absolute Gasteiger partial charge is 0.192 e. The summed E-state index contributed by atoms with van der Waals surface area (Å²) in [7, 11) is -3.75. The summed E-state index contributed by atoms with van der Waals surface area (Å²) in [6.07, 6.45) is 5.84. The molecule has 2 aliphatic heterocycles. The van der Waals surface area contributed by atoms with E-state index in [1.807, 2.05) is 12.2 Å². The normalized spacial score (nSPS) is 31.1. The highest BCUT2D eigenvalue weighted by atomic mass is 28.4. The first-order valence-electron chi connectivity index (χ1n) is 11.8. The Labute approximate surface area is 194 Å². The van der Waals surface area contributed by atoms with Crippen LogP contribution in [0, 0.1) is 0 Å². The molecule has 6 heteroatoms. The lowest BCUT2D eigenvalue weighted by Crippen LogP contribution is -2.45. The Hall–Kier alpha value is -0.246. The Morgan fingerprint density at radius 2 is 1.48 bits per heavy atom. The van der Waals surface area contributed by atoms with Crippen molar-refractivity contribution in [3.63, 3.8) is 0 Å². The summed E-state index contributed by atoms with van der Waals surface area (Å²) in [6.45, 7) is 32.9. The fraction of sp³-hybridized carbons (Fsp3) is 0.840. The Morgan fingerprint density at radius 3 is 1.94 bits per heavy atom. The van der Waals surface area contributed by atoms with Crippen molar-refractivity contribution in [1.82, 2.24) is 0 Å². The zero-order chi connectivity index (χ0) is 24.0. The van der Waals surface area contributed by atoms with Gasteiger partial charge in [-0.25, -0.2) is 0 Å². The zero-order valence-electron chi connectivity index (χ0n) is 22.0. The second-order valence-electron chi connectivity index (χ2n) is 12.7. The van der Waals surface area contributed by atoms with Crippen molar-refractivity contribution in [3.05, 3.63) is 25.3 Å². The second-order valence-corrected chi connectivity index (χ2v) is 22.2. The first-order chi connectivity index (χ1) is 13.9. The third kappa shape index (κ3) is 6.21. The van der Waals surface area contributed by atoms with Gasteiger partial charge in [-0.1, -0.05) is 53.7 Å².